The zero-order valence-electron chi connectivity index (χ0n) is 11.2. The lowest BCUT2D eigenvalue weighted by Crippen LogP contribution is -2.13. The topological polar surface area (TPSA) is 44.5 Å². The highest BCUT2D eigenvalue weighted by atomic mass is 16.5. The fraction of sp³-hybridized carbons (Fsp3) is 0.571. The summed E-state index contributed by atoms with van der Waals surface area (Å²) >= 11 is 0. The molecule has 0 spiro atoms. The Hall–Kier alpha value is -1.22. The molecule has 0 saturated heterocycles. The van der Waals surface area contributed by atoms with Gasteiger partial charge in [0.15, 0.2) is 11.5 Å². The molecule has 0 aliphatic carbocycles. The van der Waals surface area contributed by atoms with Crippen LogP contribution < -0.4 is 15.2 Å². The highest BCUT2D eigenvalue weighted by Gasteiger charge is 2.12. The Morgan fingerprint density at radius 2 is 1.94 bits per heavy atom. The van der Waals surface area contributed by atoms with Crippen molar-refractivity contribution in [1.29, 1.82) is 0 Å². The van der Waals surface area contributed by atoms with Crippen LogP contribution in [0.1, 0.15) is 38.8 Å². The zero-order chi connectivity index (χ0) is 12.8. The van der Waals surface area contributed by atoms with Crippen LogP contribution in [-0.2, 0) is 0 Å². The van der Waals surface area contributed by atoms with Gasteiger partial charge in [-0.2, -0.15) is 0 Å². The molecule has 0 heterocycles. The van der Waals surface area contributed by atoms with E-state index in [9.17, 15) is 0 Å². The van der Waals surface area contributed by atoms with E-state index in [1.54, 1.807) is 7.11 Å². The molecule has 96 valence electrons. The molecule has 1 rings (SSSR count). The quantitative estimate of drug-likeness (QED) is 0.826. The van der Waals surface area contributed by atoms with Crippen molar-refractivity contribution < 1.29 is 9.47 Å². The smallest absolute Gasteiger partial charge is 0.161 e. The minimum atomic E-state index is 0.0552. The minimum absolute atomic E-state index is 0.0552. The summed E-state index contributed by atoms with van der Waals surface area (Å²) in [6, 6.07) is 5.97. The second-order valence-electron chi connectivity index (χ2n) is 4.58. The van der Waals surface area contributed by atoms with Gasteiger partial charge in [0.05, 0.1) is 13.7 Å². The molecule has 17 heavy (non-hydrogen) atoms. The van der Waals surface area contributed by atoms with E-state index >= 15 is 0 Å². The predicted octanol–water partition coefficient (Wildman–Crippen LogP) is 3.14. The summed E-state index contributed by atoms with van der Waals surface area (Å²) in [4.78, 5) is 0. The van der Waals surface area contributed by atoms with Crippen LogP contribution in [0, 0.1) is 5.92 Å². The van der Waals surface area contributed by atoms with E-state index in [-0.39, 0.29) is 6.04 Å². The molecule has 1 aromatic rings. The fourth-order valence-electron chi connectivity index (χ4n) is 1.83. The van der Waals surface area contributed by atoms with Crippen molar-refractivity contribution in [2.45, 2.75) is 33.2 Å². The highest BCUT2D eigenvalue weighted by Crippen LogP contribution is 2.31. The van der Waals surface area contributed by atoms with Gasteiger partial charge in [-0.05, 0) is 37.0 Å². The molecular formula is C14H23NO2. The van der Waals surface area contributed by atoms with Gasteiger partial charge in [-0.25, -0.2) is 0 Å². The maximum atomic E-state index is 6.15. The van der Waals surface area contributed by atoms with E-state index in [4.69, 9.17) is 15.2 Å². The van der Waals surface area contributed by atoms with Crippen molar-refractivity contribution in [2.75, 3.05) is 13.7 Å². The van der Waals surface area contributed by atoms with Gasteiger partial charge in [-0.3, -0.25) is 0 Å². The molecule has 0 fully saturated rings. The molecule has 0 saturated carbocycles. The third-order valence-electron chi connectivity index (χ3n) is 2.64. The van der Waals surface area contributed by atoms with Crippen molar-refractivity contribution >= 4 is 0 Å². The number of hydrogen-bond donors (Lipinski definition) is 1. The van der Waals surface area contributed by atoms with Crippen LogP contribution in [0.4, 0.5) is 0 Å². The maximum absolute atomic E-state index is 6.15. The Morgan fingerprint density at radius 1 is 1.24 bits per heavy atom. The van der Waals surface area contributed by atoms with Crippen molar-refractivity contribution in [3.63, 3.8) is 0 Å². The zero-order valence-corrected chi connectivity index (χ0v) is 11.2. The number of nitrogens with two attached hydrogens (primary N) is 1. The van der Waals surface area contributed by atoms with Crippen LogP contribution in [0.25, 0.3) is 0 Å². The van der Waals surface area contributed by atoms with Crippen molar-refractivity contribution in [1.82, 2.24) is 0 Å². The second kappa shape index (κ2) is 6.50. The lowest BCUT2D eigenvalue weighted by Gasteiger charge is -2.17. The van der Waals surface area contributed by atoms with E-state index in [0.717, 1.165) is 23.5 Å². The van der Waals surface area contributed by atoms with Crippen LogP contribution in [0.15, 0.2) is 18.2 Å². The van der Waals surface area contributed by atoms with Crippen LogP contribution in [0.5, 0.6) is 11.5 Å². The summed E-state index contributed by atoms with van der Waals surface area (Å²) in [5.41, 5.74) is 7.24. The molecule has 0 aliphatic heterocycles. The summed E-state index contributed by atoms with van der Waals surface area (Å²) in [5, 5.41) is 0. The van der Waals surface area contributed by atoms with Gasteiger partial charge in [-0.15, -0.1) is 0 Å². The van der Waals surface area contributed by atoms with Crippen LogP contribution in [-0.4, -0.2) is 13.7 Å². The first kappa shape index (κ1) is 13.8. The van der Waals surface area contributed by atoms with E-state index < -0.39 is 0 Å². The first-order valence-corrected chi connectivity index (χ1v) is 6.14. The molecule has 0 unspecified atom stereocenters. The van der Waals surface area contributed by atoms with Crippen LogP contribution in [0.3, 0.4) is 0 Å². The summed E-state index contributed by atoms with van der Waals surface area (Å²) in [6.45, 7) is 6.93. The van der Waals surface area contributed by atoms with Crippen molar-refractivity contribution in [3.05, 3.63) is 23.8 Å². The van der Waals surface area contributed by atoms with E-state index in [1.165, 1.54) is 0 Å². The molecule has 0 aromatic heterocycles. The Balaban J connectivity index is 2.88. The van der Waals surface area contributed by atoms with Gasteiger partial charge < -0.3 is 15.2 Å². The minimum Gasteiger partial charge on any atom is -0.493 e. The summed E-state index contributed by atoms with van der Waals surface area (Å²) in [6.07, 6.45) is 0.969. The maximum Gasteiger partial charge on any atom is 0.161 e. The van der Waals surface area contributed by atoms with E-state index in [2.05, 4.69) is 13.8 Å². The Bertz CT molecular complexity index is 350. The lowest BCUT2D eigenvalue weighted by atomic mass is 9.97. The van der Waals surface area contributed by atoms with E-state index in [1.807, 2.05) is 25.1 Å². The van der Waals surface area contributed by atoms with Crippen molar-refractivity contribution in [2.24, 2.45) is 11.7 Å². The van der Waals surface area contributed by atoms with Crippen molar-refractivity contribution in [3.8, 4) is 11.5 Å². The lowest BCUT2D eigenvalue weighted by molar-refractivity contribution is 0.310. The summed E-state index contributed by atoms with van der Waals surface area (Å²) in [5.74, 6) is 2.11. The molecule has 0 radical (unpaired) electrons. The van der Waals surface area contributed by atoms with Gasteiger partial charge in [0, 0.05) is 6.04 Å². The number of rotatable bonds is 6. The molecule has 1 aromatic carbocycles. The van der Waals surface area contributed by atoms with Gasteiger partial charge in [0.25, 0.3) is 0 Å². The van der Waals surface area contributed by atoms with Gasteiger partial charge in [0.1, 0.15) is 0 Å². The van der Waals surface area contributed by atoms with Crippen LogP contribution >= 0.6 is 0 Å². The summed E-state index contributed by atoms with van der Waals surface area (Å²) in [7, 11) is 1.65. The van der Waals surface area contributed by atoms with E-state index in [0.29, 0.717) is 12.5 Å². The Morgan fingerprint density at radius 3 is 2.47 bits per heavy atom. The molecule has 0 bridgehead atoms. The third kappa shape index (κ3) is 3.93. The fourth-order valence-corrected chi connectivity index (χ4v) is 1.83. The van der Waals surface area contributed by atoms with Crippen LogP contribution in [0.2, 0.25) is 0 Å². The largest absolute Gasteiger partial charge is 0.493 e. The normalized spacial score (nSPS) is 12.6. The Labute approximate surface area is 104 Å². The molecule has 0 aliphatic rings. The molecule has 3 heteroatoms. The monoisotopic (exact) mass is 237 g/mol. The Kier molecular flexibility index (Phi) is 5.29. The molecule has 3 nitrogen and oxygen atoms in total. The second-order valence-corrected chi connectivity index (χ2v) is 4.58. The number of benzene rings is 1. The predicted molar refractivity (Wildman–Crippen MR) is 70.5 cm³/mol. The SMILES string of the molecule is CCOc1ccc([C@@H](N)CC(C)C)cc1OC. The third-order valence-corrected chi connectivity index (χ3v) is 2.64. The first-order valence-electron chi connectivity index (χ1n) is 6.14. The number of hydrogen-bond acceptors (Lipinski definition) is 3. The standard InChI is InChI=1S/C14H23NO2/c1-5-17-13-7-6-11(9-14(13)16-4)12(15)8-10(2)3/h6-7,9-10,12H,5,8,15H2,1-4H3/t12-/m0/s1. The molecule has 2 N–H and O–H groups in total. The average molecular weight is 237 g/mol. The average Bonchev–Trinajstić information content (AvgIpc) is 2.29. The van der Waals surface area contributed by atoms with Gasteiger partial charge >= 0.3 is 0 Å². The van der Waals surface area contributed by atoms with Gasteiger partial charge in [0.2, 0.25) is 0 Å². The highest BCUT2D eigenvalue weighted by molar-refractivity contribution is 5.43. The first-order chi connectivity index (χ1) is 8.08. The molecule has 1 atom stereocenters. The number of methoxy groups -OCH3 is 1. The van der Waals surface area contributed by atoms with Gasteiger partial charge in [-0.1, -0.05) is 19.9 Å². The molecule has 0 amide bonds. The molecular weight excluding hydrogens is 214 g/mol. The number of ether oxygens (including phenoxy) is 2. The summed E-state index contributed by atoms with van der Waals surface area (Å²) < 4.78 is 10.8.